The third-order valence-electron chi connectivity index (χ3n) is 2.74. The Hall–Kier alpha value is -2.25. The molecule has 1 heterocycles. The number of aromatic nitrogens is 1. The van der Waals surface area contributed by atoms with Crippen LogP contribution in [0, 0.1) is 11.3 Å². The molecular formula is C14H13ClN4. The van der Waals surface area contributed by atoms with Crippen LogP contribution >= 0.6 is 11.6 Å². The van der Waals surface area contributed by atoms with Crippen LogP contribution < -0.4 is 10.6 Å². The molecule has 0 fully saturated rings. The summed E-state index contributed by atoms with van der Waals surface area (Å²) in [5, 5.41) is 9.63. The molecule has 0 spiro atoms. The summed E-state index contributed by atoms with van der Waals surface area (Å²) in [6.45, 7) is 0.680. The quantitative estimate of drug-likeness (QED) is 0.933. The summed E-state index contributed by atoms with van der Waals surface area (Å²) in [6.07, 6.45) is 0. The fourth-order valence-corrected chi connectivity index (χ4v) is 1.83. The van der Waals surface area contributed by atoms with Crippen molar-refractivity contribution in [1.82, 2.24) is 4.98 Å². The third-order valence-corrected chi connectivity index (χ3v) is 2.99. The van der Waals surface area contributed by atoms with Crippen LogP contribution in [0.3, 0.4) is 0 Å². The van der Waals surface area contributed by atoms with E-state index in [1.807, 2.05) is 42.3 Å². The van der Waals surface area contributed by atoms with E-state index in [2.05, 4.69) is 4.98 Å². The number of halogens is 1. The Labute approximate surface area is 117 Å². The maximum Gasteiger partial charge on any atom is 0.165 e. The number of anilines is 2. The monoisotopic (exact) mass is 272 g/mol. The smallest absolute Gasteiger partial charge is 0.165 e. The van der Waals surface area contributed by atoms with E-state index < -0.39 is 0 Å². The Morgan fingerprint density at radius 1 is 1.26 bits per heavy atom. The second kappa shape index (κ2) is 5.59. The van der Waals surface area contributed by atoms with Crippen molar-refractivity contribution in [3.8, 4) is 6.07 Å². The summed E-state index contributed by atoms with van der Waals surface area (Å²) in [5.74, 6) is 0.709. The first-order valence-electron chi connectivity index (χ1n) is 5.72. The topological polar surface area (TPSA) is 65.9 Å². The zero-order valence-corrected chi connectivity index (χ0v) is 11.2. The first-order chi connectivity index (χ1) is 9.10. The predicted molar refractivity (Wildman–Crippen MR) is 76.9 cm³/mol. The van der Waals surface area contributed by atoms with Crippen LogP contribution in [-0.2, 0) is 6.54 Å². The Morgan fingerprint density at radius 2 is 1.95 bits per heavy atom. The number of nitrogen functional groups attached to an aromatic ring is 1. The van der Waals surface area contributed by atoms with E-state index in [4.69, 9.17) is 22.6 Å². The number of pyridine rings is 1. The van der Waals surface area contributed by atoms with Gasteiger partial charge < -0.3 is 10.6 Å². The van der Waals surface area contributed by atoms with Crippen molar-refractivity contribution in [3.63, 3.8) is 0 Å². The summed E-state index contributed by atoms with van der Waals surface area (Å²) < 4.78 is 0. The lowest BCUT2D eigenvalue weighted by molar-refractivity contribution is 0.896. The summed E-state index contributed by atoms with van der Waals surface area (Å²) in [4.78, 5) is 6.17. The molecule has 4 nitrogen and oxygen atoms in total. The molecule has 1 aromatic heterocycles. The highest BCUT2D eigenvalue weighted by atomic mass is 35.5. The highest BCUT2D eigenvalue weighted by Crippen LogP contribution is 2.18. The highest BCUT2D eigenvalue weighted by molar-refractivity contribution is 6.30. The van der Waals surface area contributed by atoms with Gasteiger partial charge in [0.15, 0.2) is 5.69 Å². The molecule has 0 aliphatic carbocycles. The lowest BCUT2D eigenvalue weighted by Gasteiger charge is -2.18. The standard InChI is InChI=1S/C14H13ClN4/c1-19(9-10-2-4-11(15)5-3-10)14-7-6-12(17)13(8-16)18-14/h2-7H,9,17H2,1H3. The molecule has 2 rings (SSSR count). The van der Waals surface area contributed by atoms with Gasteiger partial charge in [0.1, 0.15) is 11.9 Å². The molecule has 0 atom stereocenters. The molecule has 2 N–H and O–H groups in total. The zero-order valence-electron chi connectivity index (χ0n) is 10.5. The highest BCUT2D eigenvalue weighted by Gasteiger charge is 2.07. The van der Waals surface area contributed by atoms with Crippen molar-refractivity contribution < 1.29 is 0 Å². The number of nitriles is 1. The van der Waals surface area contributed by atoms with Gasteiger partial charge in [-0.3, -0.25) is 0 Å². The van der Waals surface area contributed by atoms with Gasteiger partial charge in [-0.1, -0.05) is 23.7 Å². The molecule has 0 saturated heterocycles. The summed E-state index contributed by atoms with van der Waals surface area (Å²) >= 11 is 5.85. The molecule has 0 aliphatic heterocycles. The van der Waals surface area contributed by atoms with Crippen LogP contribution in [0.2, 0.25) is 5.02 Å². The summed E-state index contributed by atoms with van der Waals surface area (Å²) in [6, 6.07) is 13.1. The maximum atomic E-state index is 8.92. The molecule has 2 aromatic rings. The number of hydrogen-bond acceptors (Lipinski definition) is 4. The van der Waals surface area contributed by atoms with E-state index >= 15 is 0 Å². The zero-order chi connectivity index (χ0) is 13.8. The Balaban J connectivity index is 2.18. The van der Waals surface area contributed by atoms with Crippen LogP contribution in [0.5, 0.6) is 0 Å². The second-order valence-corrected chi connectivity index (χ2v) is 4.64. The molecule has 0 saturated carbocycles. The van der Waals surface area contributed by atoms with Gasteiger partial charge in [0, 0.05) is 18.6 Å². The number of nitrogens with two attached hydrogens (primary N) is 1. The van der Waals surface area contributed by atoms with Gasteiger partial charge in [-0.15, -0.1) is 0 Å². The minimum atomic E-state index is 0.250. The third kappa shape index (κ3) is 3.15. The van der Waals surface area contributed by atoms with Crippen molar-refractivity contribution in [1.29, 1.82) is 5.26 Å². The fraction of sp³-hybridized carbons (Fsp3) is 0.143. The van der Waals surface area contributed by atoms with E-state index in [9.17, 15) is 0 Å². The van der Waals surface area contributed by atoms with Crippen molar-refractivity contribution in [2.75, 3.05) is 17.7 Å². The van der Waals surface area contributed by atoms with Crippen LogP contribution in [0.15, 0.2) is 36.4 Å². The van der Waals surface area contributed by atoms with Crippen LogP contribution in [0.25, 0.3) is 0 Å². The summed E-state index contributed by atoms with van der Waals surface area (Å²) in [7, 11) is 1.91. The number of benzene rings is 1. The Morgan fingerprint density at radius 3 is 2.58 bits per heavy atom. The maximum absolute atomic E-state index is 8.92. The van der Waals surface area contributed by atoms with Crippen LogP contribution in [-0.4, -0.2) is 12.0 Å². The lowest BCUT2D eigenvalue weighted by Crippen LogP contribution is -2.18. The van der Waals surface area contributed by atoms with Crippen molar-refractivity contribution in [2.45, 2.75) is 6.54 Å². The van der Waals surface area contributed by atoms with Crippen LogP contribution in [0.4, 0.5) is 11.5 Å². The molecule has 19 heavy (non-hydrogen) atoms. The van der Waals surface area contributed by atoms with Gasteiger partial charge in [0.2, 0.25) is 0 Å². The van der Waals surface area contributed by atoms with E-state index in [1.54, 1.807) is 12.1 Å². The average Bonchev–Trinajstić information content (AvgIpc) is 2.42. The SMILES string of the molecule is CN(Cc1ccc(Cl)cc1)c1ccc(N)c(C#N)n1. The first kappa shape index (κ1) is 13.2. The molecule has 96 valence electrons. The largest absolute Gasteiger partial charge is 0.396 e. The number of nitrogens with zero attached hydrogens (tertiary/aromatic N) is 3. The molecule has 0 radical (unpaired) electrons. The van der Waals surface area contributed by atoms with E-state index in [-0.39, 0.29) is 5.69 Å². The molecule has 0 bridgehead atoms. The molecule has 0 unspecified atom stereocenters. The van der Waals surface area contributed by atoms with Crippen molar-refractivity contribution in [2.24, 2.45) is 0 Å². The van der Waals surface area contributed by atoms with Gasteiger partial charge in [-0.05, 0) is 29.8 Å². The molecule has 0 aliphatic rings. The minimum Gasteiger partial charge on any atom is -0.396 e. The normalized spacial score (nSPS) is 9.95. The van der Waals surface area contributed by atoms with E-state index in [1.165, 1.54) is 0 Å². The van der Waals surface area contributed by atoms with Crippen molar-refractivity contribution in [3.05, 3.63) is 52.7 Å². The second-order valence-electron chi connectivity index (χ2n) is 4.20. The van der Waals surface area contributed by atoms with Gasteiger partial charge in [-0.25, -0.2) is 4.98 Å². The predicted octanol–water partition coefficient (Wildman–Crippen LogP) is 2.83. The number of hydrogen-bond donors (Lipinski definition) is 1. The van der Waals surface area contributed by atoms with Gasteiger partial charge in [0.25, 0.3) is 0 Å². The lowest BCUT2D eigenvalue weighted by atomic mass is 10.2. The van der Waals surface area contributed by atoms with Gasteiger partial charge in [0.05, 0.1) is 5.69 Å². The van der Waals surface area contributed by atoms with Gasteiger partial charge in [-0.2, -0.15) is 5.26 Å². The minimum absolute atomic E-state index is 0.250. The van der Waals surface area contributed by atoms with Gasteiger partial charge >= 0.3 is 0 Å². The molecular weight excluding hydrogens is 260 g/mol. The molecule has 5 heteroatoms. The average molecular weight is 273 g/mol. The first-order valence-corrected chi connectivity index (χ1v) is 6.10. The molecule has 0 amide bonds. The fourth-order valence-electron chi connectivity index (χ4n) is 1.71. The van der Waals surface area contributed by atoms with Crippen LogP contribution in [0.1, 0.15) is 11.3 Å². The van der Waals surface area contributed by atoms with E-state index in [0.717, 1.165) is 5.56 Å². The van der Waals surface area contributed by atoms with E-state index in [0.29, 0.717) is 23.1 Å². The summed E-state index contributed by atoms with van der Waals surface area (Å²) in [5.41, 5.74) is 7.41. The molecule has 1 aromatic carbocycles. The number of rotatable bonds is 3. The van der Waals surface area contributed by atoms with Crippen molar-refractivity contribution >= 4 is 23.1 Å². The Bertz CT molecular complexity index is 616. The Kier molecular flexibility index (Phi) is 3.88.